The summed E-state index contributed by atoms with van der Waals surface area (Å²) < 4.78 is 18.9. The van der Waals surface area contributed by atoms with Crippen LogP contribution in [0.4, 0.5) is 4.39 Å². The van der Waals surface area contributed by atoms with E-state index in [1.54, 1.807) is 6.07 Å². The molecule has 0 bridgehead atoms. The van der Waals surface area contributed by atoms with E-state index in [2.05, 4.69) is 17.0 Å². The molecule has 0 unspecified atom stereocenters. The minimum atomic E-state index is -0.579. The molecular formula is C20H26FNO2. The Morgan fingerprint density at radius 1 is 1.00 bits per heavy atom. The summed E-state index contributed by atoms with van der Waals surface area (Å²) in [6.45, 7) is 5.92. The highest BCUT2D eigenvalue weighted by atomic mass is 19.1. The van der Waals surface area contributed by atoms with Crippen LogP contribution in [-0.2, 0) is 17.8 Å². The first-order chi connectivity index (χ1) is 11.5. The van der Waals surface area contributed by atoms with E-state index in [1.807, 2.05) is 38.1 Å². The van der Waals surface area contributed by atoms with Crippen molar-refractivity contribution in [2.45, 2.75) is 39.1 Å². The van der Waals surface area contributed by atoms with Gasteiger partial charge in [0, 0.05) is 19.6 Å². The number of benzene rings is 2. The summed E-state index contributed by atoms with van der Waals surface area (Å²) in [5.74, 6) is -0.240. The molecule has 0 amide bonds. The Kier molecular flexibility index (Phi) is 7.37. The van der Waals surface area contributed by atoms with Crippen molar-refractivity contribution < 1.29 is 14.2 Å². The van der Waals surface area contributed by atoms with Gasteiger partial charge in [0.2, 0.25) is 0 Å². The van der Waals surface area contributed by atoms with E-state index >= 15 is 0 Å². The number of nitrogens with zero attached hydrogens (tertiary/aromatic N) is 1. The molecule has 2 aromatic rings. The number of halogens is 1. The summed E-state index contributed by atoms with van der Waals surface area (Å²) in [7, 11) is 0. The molecule has 3 nitrogen and oxygen atoms in total. The van der Waals surface area contributed by atoms with Gasteiger partial charge in [-0.2, -0.15) is 0 Å². The second kappa shape index (κ2) is 9.52. The molecular weight excluding hydrogens is 305 g/mol. The summed E-state index contributed by atoms with van der Waals surface area (Å²) in [4.78, 5) is 2.11. The first kappa shape index (κ1) is 18.6. The van der Waals surface area contributed by atoms with Crippen LogP contribution in [0.5, 0.6) is 0 Å². The van der Waals surface area contributed by atoms with Crippen molar-refractivity contribution >= 4 is 0 Å². The Balaban J connectivity index is 2.02. The molecule has 4 heteroatoms. The molecule has 0 aliphatic heterocycles. The predicted molar refractivity (Wildman–Crippen MR) is 94.1 cm³/mol. The van der Waals surface area contributed by atoms with E-state index in [-0.39, 0.29) is 11.9 Å². The van der Waals surface area contributed by atoms with E-state index in [4.69, 9.17) is 4.74 Å². The van der Waals surface area contributed by atoms with Crippen LogP contribution in [0, 0.1) is 5.82 Å². The van der Waals surface area contributed by atoms with Crippen molar-refractivity contribution in [3.05, 3.63) is 71.5 Å². The zero-order valence-electron chi connectivity index (χ0n) is 14.4. The molecule has 0 heterocycles. The van der Waals surface area contributed by atoms with Crippen molar-refractivity contribution in [3.63, 3.8) is 0 Å². The summed E-state index contributed by atoms with van der Waals surface area (Å²) >= 11 is 0. The Bertz CT molecular complexity index is 604. The zero-order valence-corrected chi connectivity index (χ0v) is 14.4. The smallest absolute Gasteiger partial charge is 0.123 e. The highest BCUT2D eigenvalue weighted by Crippen LogP contribution is 2.12. The molecule has 1 atom stereocenters. The molecule has 0 aliphatic carbocycles. The van der Waals surface area contributed by atoms with Crippen molar-refractivity contribution in [1.29, 1.82) is 0 Å². The topological polar surface area (TPSA) is 32.7 Å². The van der Waals surface area contributed by atoms with Gasteiger partial charge in [-0.25, -0.2) is 4.39 Å². The van der Waals surface area contributed by atoms with E-state index in [1.165, 1.54) is 12.1 Å². The maximum absolute atomic E-state index is 13.4. The molecule has 0 aromatic heterocycles. The molecule has 0 saturated carbocycles. The molecule has 0 saturated heterocycles. The van der Waals surface area contributed by atoms with Crippen LogP contribution in [0.2, 0.25) is 0 Å². The summed E-state index contributed by atoms with van der Waals surface area (Å²) in [5.41, 5.74) is 2.05. The molecule has 0 fully saturated rings. The second-order valence-electron chi connectivity index (χ2n) is 6.32. The third kappa shape index (κ3) is 6.79. The molecule has 0 spiro atoms. The largest absolute Gasteiger partial charge is 0.389 e. The number of ether oxygens (including phenoxy) is 1. The molecule has 24 heavy (non-hydrogen) atoms. The van der Waals surface area contributed by atoms with Crippen LogP contribution in [0.1, 0.15) is 25.0 Å². The maximum atomic E-state index is 13.4. The van der Waals surface area contributed by atoms with Crippen LogP contribution >= 0.6 is 0 Å². The molecule has 130 valence electrons. The number of hydrogen-bond donors (Lipinski definition) is 1. The SMILES string of the molecule is CC(C)OC[C@@H](O)CN(Cc1ccccc1)Cc1cccc(F)c1. The zero-order chi connectivity index (χ0) is 17.4. The van der Waals surface area contributed by atoms with E-state index in [9.17, 15) is 9.50 Å². The Hall–Kier alpha value is -1.75. The average molecular weight is 331 g/mol. The minimum Gasteiger partial charge on any atom is -0.389 e. The van der Waals surface area contributed by atoms with Gasteiger partial charge in [0.1, 0.15) is 5.82 Å². The summed E-state index contributed by atoms with van der Waals surface area (Å²) in [6, 6.07) is 16.7. The quantitative estimate of drug-likeness (QED) is 0.762. The lowest BCUT2D eigenvalue weighted by atomic mass is 10.1. The molecule has 0 aliphatic rings. The average Bonchev–Trinajstić information content (AvgIpc) is 2.54. The van der Waals surface area contributed by atoms with Crippen LogP contribution in [0.3, 0.4) is 0 Å². The second-order valence-corrected chi connectivity index (χ2v) is 6.32. The highest BCUT2D eigenvalue weighted by Gasteiger charge is 2.14. The lowest BCUT2D eigenvalue weighted by Crippen LogP contribution is -2.34. The van der Waals surface area contributed by atoms with Gasteiger partial charge in [-0.05, 0) is 37.1 Å². The summed E-state index contributed by atoms with van der Waals surface area (Å²) in [6.07, 6.45) is -0.491. The predicted octanol–water partition coefficient (Wildman–Crippen LogP) is 3.61. The number of hydrogen-bond acceptors (Lipinski definition) is 3. The first-order valence-electron chi connectivity index (χ1n) is 8.33. The van der Waals surface area contributed by atoms with Crippen molar-refractivity contribution in [1.82, 2.24) is 4.90 Å². The number of aliphatic hydroxyl groups is 1. The van der Waals surface area contributed by atoms with Crippen LogP contribution in [-0.4, -0.2) is 35.4 Å². The summed E-state index contributed by atoms with van der Waals surface area (Å²) in [5, 5.41) is 10.2. The van der Waals surface area contributed by atoms with Crippen molar-refractivity contribution in [3.8, 4) is 0 Å². The lowest BCUT2D eigenvalue weighted by Gasteiger charge is -2.26. The Morgan fingerprint density at radius 3 is 2.33 bits per heavy atom. The fourth-order valence-electron chi connectivity index (χ4n) is 2.57. The molecule has 0 radical (unpaired) electrons. The van der Waals surface area contributed by atoms with Crippen LogP contribution in [0.15, 0.2) is 54.6 Å². The van der Waals surface area contributed by atoms with E-state index < -0.39 is 6.10 Å². The van der Waals surface area contributed by atoms with Crippen LogP contribution < -0.4 is 0 Å². The number of aliphatic hydroxyl groups excluding tert-OH is 1. The van der Waals surface area contributed by atoms with Gasteiger partial charge in [-0.15, -0.1) is 0 Å². The maximum Gasteiger partial charge on any atom is 0.123 e. The third-order valence-corrected chi connectivity index (χ3v) is 3.64. The minimum absolute atomic E-state index is 0.0884. The molecule has 2 rings (SSSR count). The first-order valence-corrected chi connectivity index (χ1v) is 8.33. The van der Waals surface area contributed by atoms with Gasteiger partial charge in [0.25, 0.3) is 0 Å². The van der Waals surface area contributed by atoms with Gasteiger partial charge in [-0.1, -0.05) is 42.5 Å². The highest BCUT2D eigenvalue weighted by molar-refractivity contribution is 5.18. The van der Waals surface area contributed by atoms with Gasteiger partial charge in [0.15, 0.2) is 0 Å². The number of rotatable bonds is 9. The monoisotopic (exact) mass is 331 g/mol. The van der Waals surface area contributed by atoms with Crippen molar-refractivity contribution in [2.24, 2.45) is 0 Å². The standard InChI is InChI=1S/C20H26FNO2/c1-16(2)24-15-20(23)14-22(12-17-7-4-3-5-8-17)13-18-9-6-10-19(21)11-18/h3-11,16,20,23H,12-15H2,1-2H3/t20-/m0/s1. The van der Waals surface area contributed by atoms with Crippen LogP contribution in [0.25, 0.3) is 0 Å². The fourth-order valence-corrected chi connectivity index (χ4v) is 2.57. The fraction of sp³-hybridized carbons (Fsp3) is 0.400. The molecule has 1 N–H and O–H groups in total. The molecule has 2 aromatic carbocycles. The van der Waals surface area contributed by atoms with Gasteiger partial charge >= 0.3 is 0 Å². The normalized spacial score (nSPS) is 12.8. The van der Waals surface area contributed by atoms with Gasteiger partial charge in [-0.3, -0.25) is 4.90 Å². The van der Waals surface area contributed by atoms with Gasteiger partial charge < -0.3 is 9.84 Å². The third-order valence-electron chi connectivity index (χ3n) is 3.64. The Labute approximate surface area is 143 Å². The van der Waals surface area contributed by atoms with Gasteiger partial charge in [0.05, 0.1) is 18.8 Å². The van der Waals surface area contributed by atoms with E-state index in [0.717, 1.165) is 11.1 Å². The van der Waals surface area contributed by atoms with E-state index in [0.29, 0.717) is 26.2 Å². The lowest BCUT2D eigenvalue weighted by molar-refractivity contribution is -0.0106. The Morgan fingerprint density at radius 2 is 1.67 bits per heavy atom. The van der Waals surface area contributed by atoms with Crippen molar-refractivity contribution in [2.75, 3.05) is 13.2 Å².